The highest BCUT2D eigenvalue weighted by molar-refractivity contribution is 7.91. The number of carbonyl (C=O) groups is 8. The largest absolute Gasteiger partial charge is 0.507 e. The molecule has 6 aliphatic carbocycles. The summed E-state index contributed by atoms with van der Waals surface area (Å²) in [6.07, 6.45) is 0. The van der Waals surface area contributed by atoms with Crippen molar-refractivity contribution in [1.82, 2.24) is 0 Å². The number of hydrogen-bond donors (Lipinski definition) is 19. The Balaban J connectivity index is 0.000000172. The molecule has 0 radical (unpaired) electrons. The summed E-state index contributed by atoms with van der Waals surface area (Å²) in [6.45, 7) is 9.45. The highest BCUT2D eigenvalue weighted by Gasteiger charge is 2.40. The van der Waals surface area contributed by atoms with Gasteiger partial charge < -0.3 is 89.9 Å². The third kappa shape index (κ3) is 13.6. The molecule has 0 saturated heterocycles. The molecule has 12 rings (SSSR count). The Bertz CT molecular complexity index is 4980. The van der Waals surface area contributed by atoms with Gasteiger partial charge in [0.25, 0.3) is 0 Å². The lowest BCUT2D eigenvalue weighted by molar-refractivity contribution is -0.111. The summed E-state index contributed by atoms with van der Waals surface area (Å²) >= 11 is 56.1. The lowest BCUT2D eigenvalue weighted by atomic mass is 9.87. The summed E-state index contributed by atoms with van der Waals surface area (Å²) in [5, 5.41) is 115. The van der Waals surface area contributed by atoms with Crippen molar-refractivity contribution in [3.63, 3.8) is 0 Å². The van der Waals surface area contributed by atoms with Gasteiger partial charge in [-0.15, -0.1) is 25.3 Å². The molecule has 0 bridgehead atoms. The van der Waals surface area contributed by atoms with Crippen LogP contribution in [0.2, 0.25) is 0 Å². The number of Topliss-reactive ketones (excluding diaryl/α,β-unsaturated/α-hetero) is 8. The number of aliphatic hydroxyl groups excluding tert-OH is 2. The first-order chi connectivity index (χ1) is 47.1. The Hall–Kier alpha value is -9.77. The number of phenolic OH excluding ortho intramolecular Hbond substituents is 10. The van der Waals surface area contributed by atoms with E-state index >= 15 is 0 Å². The number of halogens is 5. The zero-order chi connectivity index (χ0) is 77.4. The smallest absolute Gasteiger partial charge is 0.246 e. The van der Waals surface area contributed by atoms with E-state index in [-0.39, 0.29) is 180 Å². The number of rotatable bonds is 0. The minimum atomic E-state index is -0.949. The standard InChI is InChI=1S/C11H8ClNO3S.4C11H7ClO4S.C11H12N4OS/c1-3-2-4(14)5-6(9(3)15)10(16)7(12)8(13)11(5)17;1-3-2-4(13)5-6(8(3)14)9(15)10(16)7(12)11(5)17;1-3-2-4(13)5-6(8(3)14)9(15)7(12)10(16)11(5)17;1-3-2-4(13)5-6(8(3)14)11(17)7(12)10(16)9(5)15;1-3-2-4(13)5-6(8(3)14)11(17)10(16)7(12)9(5)15;1-3-2-4(12)5-6(7(3)13)10(16)8(14)9(15)11(5)17/h2,14-15H,13H2,1H3;2,13-14,17H,1H3;2,13-15H,1H3;2,13-14,17H,1H3;2,13-15H,1H3;2H,12-15H2,1H3. The second kappa shape index (κ2) is 29.7. The fourth-order valence-electron chi connectivity index (χ4n) is 10.3. The van der Waals surface area contributed by atoms with Gasteiger partial charge in [-0.1, -0.05) is 107 Å². The molecule has 528 valence electrons. The molecule has 25 nitrogen and oxygen atoms in total. The topological polar surface area (TPSA) is 509 Å². The summed E-state index contributed by atoms with van der Waals surface area (Å²) in [6, 6.07) is 7.99. The average Bonchev–Trinajstić information content (AvgIpc) is 0.798. The number of nitrogens with two attached hydrogens (primary N) is 5. The number of carbonyl (C=O) groups excluding carboxylic acids is 8. The first kappa shape index (κ1) is 79.6. The number of aryl methyl sites for hydroxylation is 6. The number of nitrogen functional groups attached to an aromatic ring is 2. The Kier molecular flexibility index (Phi) is 23.1. The molecule has 0 fully saturated rings. The molecule has 36 heteroatoms. The number of phenols is 10. The minimum absolute atomic E-state index is 0.000401. The molecule has 0 aromatic heterocycles. The van der Waals surface area contributed by atoms with E-state index in [2.05, 4.69) is 25.3 Å². The van der Waals surface area contributed by atoms with Gasteiger partial charge in [-0.25, -0.2) is 0 Å². The molecule has 0 heterocycles. The highest BCUT2D eigenvalue weighted by Crippen LogP contribution is 2.48. The Morgan fingerprint density at radius 2 is 0.608 bits per heavy atom. The van der Waals surface area contributed by atoms with Crippen LogP contribution in [0.3, 0.4) is 0 Å². The van der Waals surface area contributed by atoms with Gasteiger partial charge in [0.15, 0.2) is 0 Å². The van der Waals surface area contributed by atoms with E-state index in [1.165, 1.54) is 44.2 Å². The normalized spacial score (nSPS) is 15.2. The van der Waals surface area contributed by atoms with Crippen molar-refractivity contribution in [2.45, 2.75) is 41.5 Å². The summed E-state index contributed by atoms with van der Waals surface area (Å²) in [7, 11) is 0. The molecule has 0 spiro atoms. The Morgan fingerprint density at radius 3 is 1.06 bits per heavy atom. The number of fused-ring (bicyclic) bond motifs is 6. The molecule has 6 aromatic carbocycles. The van der Waals surface area contributed by atoms with Gasteiger partial charge >= 0.3 is 0 Å². The highest BCUT2D eigenvalue weighted by atomic mass is 35.5. The number of hydrogen-bond acceptors (Lipinski definition) is 31. The van der Waals surface area contributed by atoms with Crippen molar-refractivity contribution in [2.24, 2.45) is 17.2 Å². The van der Waals surface area contributed by atoms with Crippen LogP contribution in [0.1, 0.15) is 119 Å². The molecule has 0 amide bonds. The van der Waals surface area contributed by atoms with Crippen LogP contribution in [0.5, 0.6) is 57.5 Å². The summed E-state index contributed by atoms with van der Waals surface area (Å²) in [5.41, 5.74) is 31.5. The van der Waals surface area contributed by atoms with E-state index in [4.69, 9.17) is 136 Å². The van der Waals surface area contributed by atoms with Gasteiger partial charge in [0.05, 0.1) is 80.9 Å². The zero-order valence-electron chi connectivity index (χ0n) is 52.4. The van der Waals surface area contributed by atoms with Crippen LogP contribution in [0, 0.1) is 41.5 Å². The van der Waals surface area contributed by atoms with E-state index in [9.17, 15) is 99.6 Å². The van der Waals surface area contributed by atoms with Crippen LogP contribution >= 0.6 is 132 Å². The first-order valence-corrected chi connectivity index (χ1v) is 32.3. The van der Waals surface area contributed by atoms with Crippen LogP contribution in [0.4, 0.5) is 11.4 Å². The first-order valence-electron chi connectivity index (χ1n) is 27.9. The number of ketones is 8. The molecule has 22 N–H and O–H groups in total. The van der Waals surface area contributed by atoms with E-state index in [0.29, 0.717) is 50.3 Å². The van der Waals surface area contributed by atoms with Crippen LogP contribution in [-0.2, 0) is 19.2 Å². The molecule has 0 saturated carbocycles. The van der Waals surface area contributed by atoms with Crippen LogP contribution in [-0.4, -0.2) is 127 Å². The number of allylic oxidation sites excluding steroid dienone is 8. The summed E-state index contributed by atoms with van der Waals surface area (Å²) in [4.78, 5) is 93.3. The van der Waals surface area contributed by atoms with Crippen LogP contribution in [0.25, 0.3) is 21.3 Å². The third-order valence-electron chi connectivity index (χ3n) is 15.6. The van der Waals surface area contributed by atoms with Crippen molar-refractivity contribution in [1.29, 1.82) is 0 Å². The lowest BCUT2D eigenvalue weighted by Crippen LogP contribution is -2.31. The number of aliphatic hydroxyl groups is 2. The molecule has 102 heavy (non-hydrogen) atoms. The van der Waals surface area contributed by atoms with E-state index in [0.717, 1.165) is 0 Å². The fourth-order valence-corrected chi connectivity index (χ4v) is 13.3. The molecule has 6 aliphatic rings. The molecule has 0 unspecified atom stereocenters. The van der Waals surface area contributed by atoms with Gasteiger partial charge in [0, 0.05) is 37.9 Å². The van der Waals surface area contributed by atoms with Crippen molar-refractivity contribution >= 4 is 231 Å². The lowest BCUT2D eigenvalue weighted by Gasteiger charge is -2.22. The fraction of sp³-hybridized carbons (Fsp3) is 0.0909. The van der Waals surface area contributed by atoms with Crippen molar-refractivity contribution in [3.8, 4) is 57.5 Å². The van der Waals surface area contributed by atoms with Crippen molar-refractivity contribution < 1.29 is 99.6 Å². The zero-order valence-corrected chi connectivity index (χ0v) is 61.2. The SMILES string of the molecule is Cc1cc(N)c2c(c1N)C(=O)C(N)=C(N)C2=S.Cc1cc(O)c2c(c1O)C(=O)C(=O)C(Cl)=C2S.Cc1cc(O)c2c(c1O)C(=O)C(Cl)=C(N)C2=S.Cc1cc(O)c2c(c1O)C(=S)C(=O)C(Cl)=C2O.Cc1cc(O)c2c(c1O)C(O)=C(Cl)C(=O)C2=S.Cc1cc(O)c2c(c1O)C(S)=C(Cl)C(=O)C2=O. The number of thiol groups is 2. The summed E-state index contributed by atoms with van der Waals surface area (Å²) < 4.78 is 0. The predicted molar refractivity (Wildman–Crippen MR) is 403 cm³/mol. The minimum Gasteiger partial charge on any atom is -0.507 e. The number of anilines is 2. The third-order valence-corrected chi connectivity index (χ3v) is 20.2. The molecule has 0 atom stereocenters. The van der Waals surface area contributed by atoms with Gasteiger partial charge in [-0.05, 0) is 111 Å². The maximum Gasteiger partial charge on any atom is 0.246 e. The quantitative estimate of drug-likeness (QED) is 0.0221. The number of thiocarbonyl (C=S) groups is 4. The predicted octanol–water partition coefficient (Wildman–Crippen LogP) is 10.3. The van der Waals surface area contributed by atoms with Gasteiger partial charge in [-0.3, -0.25) is 38.4 Å². The average molecular weight is 1600 g/mol. The van der Waals surface area contributed by atoms with Crippen LogP contribution < -0.4 is 28.7 Å². The van der Waals surface area contributed by atoms with E-state index in [1.807, 2.05) is 0 Å². The van der Waals surface area contributed by atoms with E-state index in [1.54, 1.807) is 33.8 Å². The monoisotopic (exact) mass is 1600 g/mol. The maximum atomic E-state index is 12.0. The molecular formula is C66H48Cl5N5O20S6. The molecule has 0 aliphatic heterocycles. The summed E-state index contributed by atoms with van der Waals surface area (Å²) in [5.74, 6) is -10.2. The molecular weight excluding hydrogens is 1550 g/mol. The Morgan fingerprint density at radius 1 is 0.284 bits per heavy atom. The van der Waals surface area contributed by atoms with Gasteiger partial charge in [0.2, 0.25) is 46.3 Å². The van der Waals surface area contributed by atoms with Crippen molar-refractivity contribution in [2.75, 3.05) is 11.5 Å². The van der Waals surface area contributed by atoms with Crippen molar-refractivity contribution in [3.05, 3.63) is 179 Å². The van der Waals surface area contributed by atoms with E-state index < -0.39 is 67.8 Å². The van der Waals surface area contributed by atoms with Crippen LogP contribution in [0.15, 0.2) is 78.7 Å². The second-order valence-corrected chi connectivity index (χ2v) is 26.6. The number of benzene rings is 6. The van der Waals surface area contributed by atoms with Gasteiger partial charge in [0.1, 0.15) is 99.9 Å². The molecule has 6 aromatic rings. The Labute approximate surface area is 631 Å². The maximum absolute atomic E-state index is 12.0. The number of aromatic hydroxyl groups is 10. The van der Waals surface area contributed by atoms with Gasteiger partial charge in [-0.2, -0.15) is 0 Å². The second-order valence-electron chi connectivity index (χ2n) is 22.2.